The number of hydrazone groups is 1. The van der Waals surface area contributed by atoms with Crippen LogP contribution in [0.15, 0.2) is 39.7 Å². The summed E-state index contributed by atoms with van der Waals surface area (Å²) in [6, 6.07) is 7.10. The topological polar surface area (TPSA) is 169 Å². The Morgan fingerprint density at radius 1 is 1.15 bits per heavy atom. The van der Waals surface area contributed by atoms with Gasteiger partial charge in [0.25, 0.3) is 4.38 Å². The average molecular weight is 388 g/mol. The highest BCUT2D eigenvalue weighted by atomic mass is 32.3. The summed E-state index contributed by atoms with van der Waals surface area (Å²) < 4.78 is 49.0. The molecule has 10 nitrogen and oxygen atoms in total. The van der Waals surface area contributed by atoms with Crippen LogP contribution in [0.25, 0.3) is 6.08 Å². The van der Waals surface area contributed by atoms with E-state index in [2.05, 4.69) is 27.1 Å². The largest absolute Gasteiger partial charge is 0.313 e. The normalized spacial score (nSPS) is 17.8. The van der Waals surface area contributed by atoms with Crippen molar-refractivity contribution in [2.75, 3.05) is 5.43 Å². The molecule has 0 aliphatic carbocycles. The Hall–Kier alpha value is -3.48. The zero-order valence-corrected chi connectivity index (χ0v) is 14.4. The molecule has 2 N–H and O–H groups in total. The van der Waals surface area contributed by atoms with Crippen LogP contribution in [0.3, 0.4) is 0 Å². The van der Waals surface area contributed by atoms with Crippen molar-refractivity contribution in [3.63, 3.8) is 0 Å². The second-order valence-electron chi connectivity index (χ2n) is 4.94. The van der Waals surface area contributed by atoms with Gasteiger partial charge in [-0.3, -0.25) is 0 Å². The quantitative estimate of drug-likeness (QED) is 0.725. The molecule has 26 heavy (non-hydrogen) atoms. The van der Waals surface area contributed by atoms with Crippen LogP contribution in [-0.2, 0) is 19.7 Å². The van der Waals surface area contributed by atoms with Crippen molar-refractivity contribution < 1.29 is 16.8 Å². The molecule has 1 aliphatic heterocycles. The van der Waals surface area contributed by atoms with Gasteiger partial charge in [0.15, 0.2) is 11.4 Å². The van der Waals surface area contributed by atoms with Crippen molar-refractivity contribution in [1.29, 1.82) is 10.5 Å². The number of nitriles is 2. The number of hydrogen-bond donors (Lipinski definition) is 2. The minimum Gasteiger partial charge on any atom is -0.313 e. The van der Waals surface area contributed by atoms with Crippen molar-refractivity contribution in [3.8, 4) is 12.1 Å². The molecule has 12 heteroatoms. The molecular weight excluding hydrogens is 380 g/mol. The molecule has 1 aromatic carbocycles. The van der Waals surface area contributed by atoms with Crippen molar-refractivity contribution in [3.05, 3.63) is 41.7 Å². The van der Waals surface area contributed by atoms with E-state index in [1.807, 2.05) is 0 Å². The zero-order chi connectivity index (χ0) is 19.1. The van der Waals surface area contributed by atoms with E-state index in [1.54, 1.807) is 12.1 Å². The number of hydrogen-bond acceptors (Lipinski definition) is 9. The van der Waals surface area contributed by atoms with Gasteiger partial charge in [0, 0.05) is 0 Å². The first-order valence-electron chi connectivity index (χ1n) is 6.76. The van der Waals surface area contributed by atoms with E-state index >= 15 is 0 Å². The third kappa shape index (κ3) is 2.45. The van der Waals surface area contributed by atoms with Crippen LogP contribution in [0, 0.1) is 22.7 Å². The lowest BCUT2D eigenvalue weighted by Gasteiger charge is -1.98. The second kappa shape index (κ2) is 5.80. The van der Waals surface area contributed by atoms with Gasteiger partial charge in [0.05, 0.1) is 9.79 Å². The number of H-pyrrole nitrogens is 1. The van der Waals surface area contributed by atoms with Crippen molar-refractivity contribution >= 4 is 36.1 Å². The number of fused-ring (bicyclic) bond motifs is 1. The summed E-state index contributed by atoms with van der Waals surface area (Å²) in [7, 11) is -8.76. The van der Waals surface area contributed by atoms with E-state index in [0.717, 1.165) is 6.07 Å². The lowest BCUT2D eigenvalue weighted by Crippen LogP contribution is -2.18. The fraction of sp³-hybridized carbons (Fsp3) is 0. The average Bonchev–Trinajstić information content (AvgIpc) is 3.08. The molecule has 0 radical (unpaired) electrons. The number of imidazole rings is 1. The summed E-state index contributed by atoms with van der Waals surface area (Å²) in [6.45, 7) is 3.51. The highest BCUT2D eigenvalue weighted by Gasteiger charge is 2.47. The number of rotatable bonds is 3. The van der Waals surface area contributed by atoms with E-state index in [0.29, 0.717) is 5.56 Å². The lowest BCUT2D eigenvalue weighted by molar-refractivity contribution is 0.603. The monoisotopic (exact) mass is 388 g/mol. The Bertz CT molecular complexity index is 1240. The van der Waals surface area contributed by atoms with Crippen LogP contribution in [0.4, 0.5) is 5.95 Å². The minimum atomic E-state index is -4.39. The molecule has 0 saturated heterocycles. The SMILES string of the molecule is C=Cc1ccc2c(c1)S(=O)(=O)/C(=N/Nc1nc(C#N)c(C#N)[nH]1)S2(=O)=O. The molecule has 0 spiro atoms. The molecular formula is C14H8N6O4S2. The number of aromatic nitrogens is 2. The van der Waals surface area contributed by atoms with Gasteiger partial charge < -0.3 is 4.98 Å². The van der Waals surface area contributed by atoms with Crippen molar-refractivity contribution in [1.82, 2.24) is 9.97 Å². The Balaban J connectivity index is 2.10. The summed E-state index contributed by atoms with van der Waals surface area (Å²) in [5, 5.41) is 21.1. The van der Waals surface area contributed by atoms with Gasteiger partial charge in [0.2, 0.25) is 25.6 Å². The zero-order valence-electron chi connectivity index (χ0n) is 12.8. The Morgan fingerprint density at radius 3 is 2.42 bits per heavy atom. The van der Waals surface area contributed by atoms with Gasteiger partial charge in [-0.2, -0.15) is 15.5 Å². The fourth-order valence-corrected chi connectivity index (χ4v) is 6.48. The number of nitrogens with one attached hydrogen (secondary N) is 2. The molecule has 2 heterocycles. The molecule has 0 fully saturated rings. The molecule has 0 bridgehead atoms. The number of sulfone groups is 2. The van der Waals surface area contributed by atoms with E-state index in [-0.39, 0.29) is 17.3 Å². The van der Waals surface area contributed by atoms with Gasteiger partial charge in [-0.25, -0.2) is 22.3 Å². The summed E-state index contributed by atoms with van der Waals surface area (Å²) in [5.41, 5.74) is 2.14. The number of benzene rings is 1. The lowest BCUT2D eigenvalue weighted by atomic mass is 10.2. The van der Waals surface area contributed by atoms with Gasteiger partial charge in [0.1, 0.15) is 12.1 Å². The maximum atomic E-state index is 12.6. The fourth-order valence-electron chi connectivity index (χ4n) is 2.22. The third-order valence-electron chi connectivity index (χ3n) is 3.42. The Kier molecular flexibility index (Phi) is 3.87. The van der Waals surface area contributed by atoms with Gasteiger partial charge >= 0.3 is 0 Å². The summed E-state index contributed by atoms with van der Waals surface area (Å²) in [5.74, 6) is -0.251. The van der Waals surface area contributed by atoms with Crippen LogP contribution >= 0.6 is 0 Å². The second-order valence-corrected chi connectivity index (χ2v) is 8.86. The molecule has 0 atom stereocenters. The molecule has 130 valence electrons. The Morgan fingerprint density at radius 2 is 1.85 bits per heavy atom. The summed E-state index contributed by atoms with van der Waals surface area (Å²) >= 11 is 0. The highest BCUT2D eigenvalue weighted by molar-refractivity contribution is 8.33. The van der Waals surface area contributed by atoms with E-state index in [1.165, 1.54) is 18.2 Å². The number of aromatic amines is 1. The highest BCUT2D eigenvalue weighted by Crippen LogP contribution is 2.35. The van der Waals surface area contributed by atoms with E-state index in [4.69, 9.17) is 10.5 Å². The molecule has 2 aromatic rings. The molecule has 0 saturated carbocycles. The van der Waals surface area contributed by atoms with E-state index < -0.39 is 33.8 Å². The first-order chi connectivity index (χ1) is 12.2. The van der Waals surface area contributed by atoms with Crippen LogP contribution in [-0.4, -0.2) is 31.2 Å². The van der Waals surface area contributed by atoms with Gasteiger partial charge in [-0.05, 0) is 17.7 Å². The minimum absolute atomic E-state index is 0.175. The van der Waals surface area contributed by atoms with Crippen molar-refractivity contribution in [2.24, 2.45) is 5.10 Å². The summed E-state index contributed by atoms with van der Waals surface area (Å²) in [6.07, 6.45) is 1.38. The maximum absolute atomic E-state index is 12.6. The number of nitrogens with zero attached hydrogens (tertiary/aromatic N) is 4. The smallest absolute Gasteiger partial charge is 0.276 e. The van der Waals surface area contributed by atoms with Crippen LogP contribution < -0.4 is 5.43 Å². The number of anilines is 1. The first-order valence-corrected chi connectivity index (χ1v) is 9.73. The van der Waals surface area contributed by atoms with Gasteiger partial charge in [-0.15, -0.1) is 5.10 Å². The molecule has 0 amide bonds. The van der Waals surface area contributed by atoms with Crippen LogP contribution in [0.5, 0.6) is 0 Å². The molecule has 3 rings (SSSR count). The molecule has 1 aromatic heterocycles. The van der Waals surface area contributed by atoms with Gasteiger partial charge in [-0.1, -0.05) is 18.7 Å². The predicted octanol–water partition coefficient (Wildman–Crippen LogP) is 0.740. The molecule has 0 unspecified atom stereocenters. The third-order valence-corrected chi connectivity index (χ3v) is 7.82. The maximum Gasteiger partial charge on any atom is 0.276 e. The van der Waals surface area contributed by atoms with E-state index in [9.17, 15) is 16.8 Å². The van der Waals surface area contributed by atoms with Crippen molar-refractivity contribution in [2.45, 2.75) is 9.79 Å². The first kappa shape index (κ1) is 17.3. The standard InChI is InChI=1S/C14H8N6O4S2/c1-2-8-3-4-11-12(5-8)26(23,24)14(25(11,21)22)20-19-13-17-9(6-15)10(7-16)18-13/h2-5H,1H2,(H2,17,18,19)/b20-14+. The Labute approximate surface area is 147 Å². The summed E-state index contributed by atoms with van der Waals surface area (Å²) in [4.78, 5) is 5.27. The predicted molar refractivity (Wildman–Crippen MR) is 90.0 cm³/mol. The molecule has 1 aliphatic rings. The van der Waals surface area contributed by atoms with Crippen LogP contribution in [0.1, 0.15) is 17.0 Å². The van der Waals surface area contributed by atoms with Crippen LogP contribution in [0.2, 0.25) is 0 Å².